The molecule has 3 aliphatic rings. The highest BCUT2D eigenvalue weighted by Gasteiger charge is 2.38. The van der Waals surface area contributed by atoms with Crippen molar-refractivity contribution in [3.05, 3.63) is 11.9 Å². The van der Waals surface area contributed by atoms with Crippen molar-refractivity contribution in [3.63, 3.8) is 0 Å². The third-order valence-electron chi connectivity index (χ3n) is 4.42. The average Bonchev–Trinajstić information content (AvgIpc) is 2.90. The Bertz CT molecular complexity index is 409. The Morgan fingerprint density at radius 1 is 1.37 bits per heavy atom. The van der Waals surface area contributed by atoms with E-state index < -0.39 is 0 Å². The van der Waals surface area contributed by atoms with Gasteiger partial charge in [0, 0.05) is 45.3 Å². The van der Waals surface area contributed by atoms with Crippen LogP contribution in [-0.2, 0) is 6.54 Å². The lowest BCUT2D eigenvalue weighted by Gasteiger charge is -2.50. The molecule has 19 heavy (non-hydrogen) atoms. The van der Waals surface area contributed by atoms with Crippen LogP contribution in [0, 0.1) is 0 Å². The number of piperazine rings is 3. The van der Waals surface area contributed by atoms with Gasteiger partial charge in [-0.1, -0.05) is 12.1 Å². The molecule has 0 aromatic carbocycles. The van der Waals surface area contributed by atoms with E-state index in [0.29, 0.717) is 12.1 Å². The van der Waals surface area contributed by atoms with Crippen molar-refractivity contribution in [1.82, 2.24) is 30.1 Å². The summed E-state index contributed by atoms with van der Waals surface area (Å²) >= 11 is 0. The number of nitrogens with one attached hydrogen (secondary N) is 1. The highest BCUT2D eigenvalue weighted by Crippen LogP contribution is 2.26. The van der Waals surface area contributed by atoms with Gasteiger partial charge in [0.05, 0.1) is 17.9 Å². The van der Waals surface area contributed by atoms with E-state index in [2.05, 4.69) is 37.0 Å². The molecule has 106 valence electrons. The molecule has 1 N–H and O–H groups in total. The number of nitrogens with zero attached hydrogens (tertiary/aromatic N) is 5. The molecular formula is C13H24N6. The maximum absolute atomic E-state index is 4.23. The fraction of sp³-hybridized carbons (Fsp3) is 0.846. The first-order chi connectivity index (χ1) is 9.33. The van der Waals surface area contributed by atoms with Crippen molar-refractivity contribution in [2.24, 2.45) is 0 Å². The minimum atomic E-state index is 0.324. The molecule has 1 aromatic rings. The van der Waals surface area contributed by atoms with Crippen LogP contribution in [0.1, 0.15) is 25.1 Å². The van der Waals surface area contributed by atoms with E-state index in [1.807, 2.05) is 13.2 Å². The standard InChI is InChI=1S/C13H24N6/c1-3-4-19-11(9-15-16-19)13(14-2)12-10-17-5-7-18(12)8-6-17/h9,12-14H,3-8,10H2,1-2H3. The van der Waals surface area contributed by atoms with Gasteiger partial charge in [-0.25, -0.2) is 4.68 Å². The van der Waals surface area contributed by atoms with Crippen LogP contribution in [-0.4, -0.2) is 70.6 Å². The molecule has 4 rings (SSSR count). The van der Waals surface area contributed by atoms with E-state index in [9.17, 15) is 0 Å². The molecule has 0 radical (unpaired) electrons. The topological polar surface area (TPSA) is 49.2 Å². The summed E-state index contributed by atoms with van der Waals surface area (Å²) in [6.07, 6.45) is 3.02. The molecule has 0 amide bonds. The molecule has 0 aliphatic carbocycles. The summed E-state index contributed by atoms with van der Waals surface area (Å²) in [6, 6.07) is 0.867. The third kappa shape index (κ3) is 2.40. The first kappa shape index (κ1) is 13.0. The number of hydrogen-bond acceptors (Lipinski definition) is 5. The van der Waals surface area contributed by atoms with Crippen LogP contribution in [0.3, 0.4) is 0 Å². The predicted molar refractivity (Wildman–Crippen MR) is 73.9 cm³/mol. The van der Waals surface area contributed by atoms with Crippen molar-refractivity contribution in [2.75, 3.05) is 39.8 Å². The van der Waals surface area contributed by atoms with Gasteiger partial charge in [0.2, 0.25) is 0 Å². The summed E-state index contributed by atoms with van der Waals surface area (Å²) < 4.78 is 2.06. The first-order valence-electron chi connectivity index (χ1n) is 7.35. The van der Waals surface area contributed by atoms with Gasteiger partial charge in [-0.3, -0.25) is 9.80 Å². The first-order valence-corrected chi connectivity index (χ1v) is 7.35. The molecular weight excluding hydrogens is 240 g/mol. The van der Waals surface area contributed by atoms with E-state index in [1.165, 1.54) is 31.9 Å². The van der Waals surface area contributed by atoms with E-state index in [0.717, 1.165) is 19.5 Å². The molecule has 0 saturated carbocycles. The second-order valence-electron chi connectivity index (χ2n) is 5.55. The molecule has 2 bridgehead atoms. The number of rotatable bonds is 5. The number of fused-ring (bicyclic) bond motifs is 3. The Hall–Kier alpha value is -0.980. The average molecular weight is 264 g/mol. The molecule has 2 atom stereocenters. The minimum absolute atomic E-state index is 0.324. The van der Waals surface area contributed by atoms with Crippen LogP contribution >= 0.6 is 0 Å². The lowest BCUT2D eigenvalue weighted by molar-refractivity contribution is -0.00383. The van der Waals surface area contributed by atoms with Crippen LogP contribution in [0.4, 0.5) is 0 Å². The SMILES string of the molecule is CCCn1nncc1C(NC)C1CN2CCN1CC2. The fourth-order valence-corrected chi connectivity index (χ4v) is 3.40. The quantitative estimate of drug-likeness (QED) is 0.808. The summed E-state index contributed by atoms with van der Waals surface area (Å²) in [7, 11) is 2.05. The summed E-state index contributed by atoms with van der Waals surface area (Å²) in [5.41, 5.74) is 1.23. The largest absolute Gasteiger partial charge is 0.310 e. The van der Waals surface area contributed by atoms with Gasteiger partial charge in [-0.05, 0) is 13.5 Å². The maximum Gasteiger partial charge on any atom is 0.0772 e. The van der Waals surface area contributed by atoms with E-state index in [4.69, 9.17) is 0 Å². The van der Waals surface area contributed by atoms with Gasteiger partial charge in [-0.2, -0.15) is 0 Å². The van der Waals surface area contributed by atoms with Crippen LogP contribution in [0.15, 0.2) is 6.20 Å². The number of likely N-dealkylation sites (N-methyl/N-ethyl adjacent to an activating group) is 1. The highest BCUT2D eigenvalue weighted by molar-refractivity contribution is 5.09. The smallest absolute Gasteiger partial charge is 0.0772 e. The second kappa shape index (κ2) is 5.56. The molecule has 6 heteroatoms. The number of aryl methyl sites for hydroxylation is 1. The summed E-state index contributed by atoms with van der Waals surface area (Å²) in [6.45, 7) is 9.11. The predicted octanol–water partition coefficient (Wildman–Crippen LogP) is -0.0516. The van der Waals surface area contributed by atoms with Crippen LogP contribution in [0.2, 0.25) is 0 Å². The summed E-state index contributed by atoms with van der Waals surface area (Å²) in [4.78, 5) is 5.19. The molecule has 3 aliphatic heterocycles. The van der Waals surface area contributed by atoms with Crippen LogP contribution < -0.4 is 5.32 Å². The zero-order valence-corrected chi connectivity index (χ0v) is 11.9. The molecule has 2 unspecified atom stereocenters. The van der Waals surface area contributed by atoms with Crippen molar-refractivity contribution >= 4 is 0 Å². The van der Waals surface area contributed by atoms with Gasteiger partial charge in [-0.15, -0.1) is 5.10 Å². The molecule has 6 nitrogen and oxygen atoms in total. The van der Waals surface area contributed by atoms with Gasteiger partial charge < -0.3 is 5.32 Å². The summed E-state index contributed by atoms with van der Waals surface area (Å²) in [5, 5.41) is 11.8. The van der Waals surface area contributed by atoms with Gasteiger partial charge in [0.25, 0.3) is 0 Å². The lowest BCUT2D eigenvalue weighted by Crippen LogP contribution is -2.63. The van der Waals surface area contributed by atoms with Gasteiger partial charge >= 0.3 is 0 Å². The van der Waals surface area contributed by atoms with E-state index in [-0.39, 0.29) is 0 Å². The van der Waals surface area contributed by atoms with Crippen LogP contribution in [0.5, 0.6) is 0 Å². The zero-order chi connectivity index (χ0) is 13.2. The molecule has 0 spiro atoms. The normalized spacial score (nSPS) is 31.6. The summed E-state index contributed by atoms with van der Waals surface area (Å²) in [5.74, 6) is 0. The van der Waals surface area contributed by atoms with E-state index >= 15 is 0 Å². The van der Waals surface area contributed by atoms with Crippen molar-refractivity contribution in [3.8, 4) is 0 Å². The van der Waals surface area contributed by atoms with Gasteiger partial charge in [0.15, 0.2) is 0 Å². The Labute approximate surface area is 114 Å². The Balaban J connectivity index is 1.82. The van der Waals surface area contributed by atoms with Crippen molar-refractivity contribution in [1.29, 1.82) is 0 Å². The highest BCUT2D eigenvalue weighted by atomic mass is 15.4. The Morgan fingerprint density at radius 3 is 2.74 bits per heavy atom. The second-order valence-corrected chi connectivity index (χ2v) is 5.55. The molecule has 3 fully saturated rings. The number of aromatic nitrogens is 3. The van der Waals surface area contributed by atoms with Crippen molar-refractivity contribution in [2.45, 2.75) is 32.0 Å². The number of hydrogen-bond donors (Lipinski definition) is 1. The molecule has 3 saturated heterocycles. The molecule has 1 aromatic heterocycles. The fourth-order valence-electron chi connectivity index (χ4n) is 3.40. The monoisotopic (exact) mass is 264 g/mol. The Morgan fingerprint density at radius 2 is 2.16 bits per heavy atom. The van der Waals surface area contributed by atoms with Crippen molar-refractivity contribution < 1.29 is 0 Å². The van der Waals surface area contributed by atoms with Crippen LogP contribution in [0.25, 0.3) is 0 Å². The van der Waals surface area contributed by atoms with E-state index in [1.54, 1.807) is 0 Å². The molecule has 4 heterocycles. The lowest BCUT2D eigenvalue weighted by atomic mass is 9.98. The maximum atomic E-state index is 4.23. The Kier molecular flexibility index (Phi) is 3.81. The third-order valence-corrected chi connectivity index (χ3v) is 4.42. The zero-order valence-electron chi connectivity index (χ0n) is 11.9. The minimum Gasteiger partial charge on any atom is -0.310 e. The van der Waals surface area contributed by atoms with Gasteiger partial charge in [0.1, 0.15) is 0 Å².